The minimum absolute atomic E-state index is 0.681. The van der Waals surface area contributed by atoms with Crippen LogP contribution in [0.5, 0.6) is 0 Å². The van der Waals surface area contributed by atoms with Gasteiger partial charge in [-0.1, -0.05) is 19.8 Å². The van der Waals surface area contributed by atoms with E-state index in [-0.39, 0.29) is 0 Å². The number of rotatable bonds is 3. The number of nitrogen functional groups attached to an aromatic ring is 1. The van der Waals surface area contributed by atoms with Crippen molar-refractivity contribution in [3.8, 4) is 0 Å². The summed E-state index contributed by atoms with van der Waals surface area (Å²) < 4.78 is 0. The van der Waals surface area contributed by atoms with Gasteiger partial charge in [0, 0.05) is 18.0 Å². The molecule has 1 aromatic heterocycles. The molecule has 0 saturated heterocycles. The molecule has 0 aromatic carbocycles. The van der Waals surface area contributed by atoms with Crippen LogP contribution in [0.1, 0.15) is 38.3 Å². The van der Waals surface area contributed by atoms with Crippen molar-refractivity contribution in [3.63, 3.8) is 0 Å². The number of thiazole rings is 1. The van der Waals surface area contributed by atoms with Crippen LogP contribution in [0.3, 0.4) is 0 Å². The summed E-state index contributed by atoms with van der Waals surface area (Å²) in [6.45, 7) is 3.30. The second-order valence-corrected chi connectivity index (χ2v) is 5.81. The highest BCUT2D eigenvalue weighted by atomic mass is 32.1. The van der Waals surface area contributed by atoms with Crippen molar-refractivity contribution in [1.82, 2.24) is 9.88 Å². The van der Waals surface area contributed by atoms with Crippen LogP contribution in [0.25, 0.3) is 0 Å². The fourth-order valence-corrected chi connectivity index (χ4v) is 3.27. The minimum Gasteiger partial charge on any atom is -0.375 e. The third-order valence-electron chi connectivity index (χ3n) is 3.61. The number of nitrogens with zero attached hydrogens (tertiary/aromatic N) is 2. The average Bonchev–Trinajstić information content (AvgIpc) is 2.64. The van der Waals surface area contributed by atoms with Crippen LogP contribution in [0.2, 0.25) is 0 Å². The van der Waals surface area contributed by atoms with Crippen molar-refractivity contribution in [2.45, 2.75) is 45.2 Å². The van der Waals surface area contributed by atoms with Gasteiger partial charge in [-0.05, 0) is 25.8 Å². The van der Waals surface area contributed by atoms with Crippen LogP contribution < -0.4 is 5.73 Å². The van der Waals surface area contributed by atoms with E-state index in [1.165, 1.54) is 37.0 Å². The number of aromatic nitrogens is 1. The van der Waals surface area contributed by atoms with E-state index in [1.807, 2.05) is 0 Å². The predicted octanol–water partition coefficient (Wildman–Crippen LogP) is 2.74. The number of hydrogen-bond acceptors (Lipinski definition) is 4. The van der Waals surface area contributed by atoms with Crippen LogP contribution in [0.4, 0.5) is 5.13 Å². The Balaban J connectivity index is 1.93. The molecule has 0 radical (unpaired) electrons. The van der Waals surface area contributed by atoms with Crippen molar-refractivity contribution < 1.29 is 0 Å². The van der Waals surface area contributed by atoms with E-state index in [9.17, 15) is 0 Å². The molecule has 0 spiro atoms. The first-order chi connectivity index (χ1) is 7.66. The first-order valence-corrected chi connectivity index (χ1v) is 6.95. The maximum absolute atomic E-state index is 5.65. The summed E-state index contributed by atoms with van der Waals surface area (Å²) in [6, 6.07) is 0.719. The van der Waals surface area contributed by atoms with Crippen molar-refractivity contribution in [2.75, 3.05) is 12.8 Å². The van der Waals surface area contributed by atoms with E-state index < -0.39 is 0 Å². The molecule has 16 heavy (non-hydrogen) atoms. The van der Waals surface area contributed by atoms with Gasteiger partial charge >= 0.3 is 0 Å². The zero-order valence-electron chi connectivity index (χ0n) is 10.1. The fraction of sp³-hybridized carbons (Fsp3) is 0.750. The van der Waals surface area contributed by atoms with Gasteiger partial charge in [-0.15, -0.1) is 11.3 Å². The van der Waals surface area contributed by atoms with Crippen LogP contribution in [-0.2, 0) is 6.54 Å². The highest BCUT2D eigenvalue weighted by molar-refractivity contribution is 7.13. The molecule has 90 valence electrons. The van der Waals surface area contributed by atoms with Gasteiger partial charge in [0.25, 0.3) is 0 Å². The van der Waals surface area contributed by atoms with E-state index in [0.29, 0.717) is 5.13 Å². The molecule has 1 aliphatic rings. The molecule has 2 N–H and O–H groups in total. The van der Waals surface area contributed by atoms with Crippen LogP contribution in [0.15, 0.2) is 5.38 Å². The predicted molar refractivity (Wildman–Crippen MR) is 69.4 cm³/mol. The first-order valence-electron chi connectivity index (χ1n) is 6.07. The Labute approximate surface area is 102 Å². The van der Waals surface area contributed by atoms with Gasteiger partial charge in [0.05, 0.1) is 5.69 Å². The minimum atomic E-state index is 0.681. The van der Waals surface area contributed by atoms with Crippen LogP contribution in [-0.4, -0.2) is 23.0 Å². The molecule has 0 aliphatic heterocycles. The standard InChI is InChI=1S/C12H21N3S/c1-9-5-3-4-6-11(9)15(2)7-10-8-16-12(13)14-10/h8-9,11H,3-7H2,1-2H3,(H2,13,14). The zero-order valence-corrected chi connectivity index (χ0v) is 11.0. The summed E-state index contributed by atoms with van der Waals surface area (Å²) in [5.41, 5.74) is 6.76. The van der Waals surface area contributed by atoms with Crippen molar-refractivity contribution in [3.05, 3.63) is 11.1 Å². The second kappa shape index (κ2) is 5.15. The van der Waals surface area contributed by atoms with Gasteiger partial charge < -0.3 is 5.73 Å². The highest BCUT2D eigenvalue weighted by Crippen LogP contribution is 2.28. The highest BCUT2D eigenvalue weighted by Gasteiger charge is 2.25. The Kier molecular flexibility index (Phi) is 3.82. The second-order valence-electron chi connectivity index (χ2n) is 4.92. The monoisotopic (exact) mass is 239 g/mol. The lowest BCUT2D eigenvalue weighted by molar-refractivity contribution is 0.132. The topological polar surface area (TPSA) is 42.1 Å². The Bertz CT molecular complexity index is 337. The smallest absolute Gasteiger partial charge is 0.180 e. The molecule has 1 saturated carbocycles. The summed E-state index contributed by atoms with van der Waals surface area (Å²) in [4.78, 5) is 6.77. The molecule has 1 heterocycles. The molecule has 3 nitrogen and oxygen atoms in total. The largest absolute Gasteiger partial charge is 0.375 e. The molecule has 1 fully saturated rings. The molecule has 2 unspecified atom stereocenters. The lowest BCUT2D eigenvalue weighted by Gasteiger charge is -2.35. The lowest BCUT2D eigenvalue weighted by Crippen LogP contribution is -2.38. The van der Waals surface area contributed by atoms with Gasteiger partial charge in [-0.3, -0.25) is 4.90 Å². The summed E-state index contributed by atoms with van der Waals surface area (Å²) in [5, 5.41) is 2.75. The Morgan fingerprint density at radius 3 is 2.88 bits per heavy atom. The SMILES string of the molecule is CC1CCCCC1N(C)Cc1csc(N)n1. The quantitative estimate of drug-likeness (QED) is 0.882. The lowest BCUT2D eigenvalue weighted by atomic mass is 9.85. The van der Waals surface area contributed by atoms with E-state index in [0.717, 1.165) is 24.2 Å². The van der Waals surface area contributed by atoms with Gasteiger partial charge in [-0.25, -0.2) is 4.98 Å². The Hall–Kier alpha value is -0.610. The molecule has 1 aliphatic carbocycles. The summed E-state index contributed by atoms with van der Waals surface area (Å²) in [6.07, 6.45) is 5.47. The molecule has 0 bridgehead atoms. The summed E-state index contributed by atoms with van der Waals surface area (Å²) in [5.74, 6) is 0.815. The third-order valence-corrected chi connectivity index (χ3v) is 4.34. The number of hydrogen-bond donors (Lipinski definition) is 1. The maximum atomic E-state index is 5.65. The van der Waals surface area contributed by atoms with Crippen LogP contribution >= 0.6 is 11.3 Å². The number of nitrogens with two attached hydrogens (primary N) is 1. The van der Waals surface area contributed by atoms with Gasteiger partial charge in [-0.2, -0.15) is 0 Å². The number of anilines is 1. The van der Waals surface area contributed by atoms with Gasteiger partial charge in [0.1, 0.15) is 0 Å². The van der Waals surface area contributed by atoms with Crippen molar-refractivity contribution in [2.24, 2.45) is 5.92 Å². The molecular weight excluding hydrogens is 218 g/mol. The maximum Gasteiger partial charge on any atom is 0.180 e. The third kappa shape index (κ3) is 2.74. The van der Waals surface area contributed by atoms with Crippen LogP contribution in [0, 0.1) is 5.92 Å². The molecule has 0 amide bonds. The molecule has 2 rings (SSSR count). The Morgan fingerprint density at radius 2 is 2.25 bits per heavy atom. The Morgan fingerprint density at radius 1 is 1.50 bits per heavy atom. The normalized spacial score (nSPS) is 26.2. The molecule has 4 heteroatoms. The summed E-state index contributed by atoms with van der Waals surface area (Å²) in [7, 11) is 2.21. The van der Waals surface area contributed by atoms with E-state index >= 15 is 0 Å². The van der Waals surface area contributed by atoms with Crippen molar-refractivity contribution in [1.29, 1.82) is 0 Å². The van der Waals surface area contributed by atoms with E-state index in [2.05, 4.69) is 29.2 Å². The van der Waals surface area contributed by atoms with Crippen molar-refractivity contribution >= 4 is 16.5 Å². The molecule has 1 aromatic rings. The van der Waals surface area contributed by atoms with E-state index in [1.54, 1.807) is 0 Å². The average molecular weight is 239 g/mol. The van der Waals surface area contributed by atoms with Gasteiger partial charge in [0.15, 0.2) is 5.13 Å². The molecule has 2 atom stereocenters. The van der Waals surface area contributed by atoms with E-state index in [4.69, 9.17) is 5.73 Å². The fourth-order valence-electron chi connectivity index (χ4n) is 2.72. The first kappa shape index (κ1) is 11.9. The zero-order chi connectivity index (χ0) is 11.5. The van der Waals surface area contributed by atoms with Gasteiger partial charge in [0.2, 0.25) is 0 Å². The molecular formula is C12H21N3S. The summed E-state index contributed by atoms with van der Waals surface area (Å²) >= 11 is 1.53.